The molecule has 0 spiro atoms. The molecule has 0 unspecified atom stereocenters. The molecule has 116 valence electrons. The highest BCUT2D eigenvalue weighted by Gasteiger charge is 2.50. The molecule has 2 rings (SSSR count). The van der Waals surface area contributed by atoms with Gasteiger partial charge in [-0.25, -0.2) is 4.39 Å². The lowest BCUT2D eigenvalue weighted by atomic mass is 9.84. The second-order valence-electron chi connectivity index (χ2n) is 5.20. The van der Waals surface area contributed by atoms with Gasteiger partial charge in [0.1, 0.15) is 13.0 Å². The highest BCUT2D eigenvalue weighted by atomic mass is 19.1. The number of nitrogens with zero attached hydrogens (tertiary/aromatic N) is 1. The van der Waals surface area contributed by atoms with E-state index in [9.17, 15) is 9.18 Å². The van der Waals surface area contributed by atoms with Crippen LogP contribution < -0.4 is 0 Å². The molecular formula is C16H22FNO3. The van der Waals surface area contributed by atoms with Gasteiger partial charge in [-0.15, -0.1) is 0 Å². The highest BCUT2D eigenvalue weighted by Crippen LogP contribution is 2.32. The number of β-lactam (4-membered cyclic amide) rings is 1. The van der Waals surface area contributed by atoms with Gasteiger partial charge in [-0.2, -0.15) is 0 Å². The van der Waals surface area contributed by atoms with Crippen LogP contribution in [0.15, 0.2) is 30.3 Å². The molecule has 0 aliphatic carbocycles. The van der Waals surface area contributed by atoms with Gasteiger partial charge in [-0.05, 0) is 19.4 Å². The van der Waals surface area contributed by atoms with Gasteiger partial charge in [0, 0.05) is 13.2 Å². The van der Waals surface area contributed by atoms with Gasteiger partial charge in [-0.1, -0.05) is 30.3 Å². The standard InChI is InChI=1S/C16H22FNO3/c1-3-20-11-21-10-14-15(12(2)17)16(19)18(14)9-13-7-5-4-6-8-13/h4-8,12,14-15H,3,9-11H2,1-2H3/t12-,14-,15-/m1/s1. The third-order valence-electron chi connectivity index (χ3n) is 3.73. The fourth-order valence-electron chi connectivity index (χ4n) is 2.61. The summed E-state index contributed by atoms with van der Waals surface area (Å²) < 4.78 is 24.1. The summed E-state index contributed by atoms with van der Waals surface area (Å²) in [7, 11) is 0. The number of halogens is 1. The van der Waals surface area contributed by atoms with Gasteiger partial charge in [-0.3, -0.25) is 4.79 Å². The quantitative estimate of drug-likeness (QED) is 0.420. The Bertz CT molecular complexity index is 452. The summed E-state index contributed by atoms with van der Waals surface area (Å²) in [5.74, 6) is -0.741. The van der Waals surface area contributed by atoms with Crippen molar-refractivity contribution in [3.05, 3.63) is 35.9 Å². The number of carbonyl (C=O) groups excluding carboxylic acids is 1. The van der Waals surface area contributed by atoms with Crippen molar-refractivity contribution >= 4 is 5.91 Å². The molecule has 0 saturated carbocycles. The lowest BCUT2D eigenvalue weighted by Crippen LogP contribution is -2.64. The zero-order valence-corrected chi connectivity index (χ0v) is 12.5. The topological polar surface area (TPSA) is 38.8 Å². The molecule has 5 heteroatoms. The Kier molecular flexibility index (Phi) is 5.70. The first-order valence-corrected chi connectivity index (χ1v) is 7.29. The summed E-state index contributed by atoms with van der Waals surface area (Å²) in [5, 5.41) is 0. The minimum Gasteiger partial charge on any atom is -0.356 e. The first kappa shape index (κ1) is 15.9. The molecule has 1 fully saturated rings. The number of amides is 1. The Morgan fingerprint density at radius 2 is 2.00 bits per heavy atom. The Labute approximate surface area is 124 Å². The van der Waals surface area contributed by atoms with Crippen molar-refractivity contribution < 1.29 is 18.7 Å². The molecule has 1 aromatic carbocycles. The van der Waals surface area contributed by atoms with E-state index in [0.717, 1.165) is 5.56 Å². The number of hydrogen-bond acceptors (Lipinski definition) is 3. The Morgan fingerprint density at radius 3 is 2.62 bits per heavy atom. The number of ether oxygens (including phenoxy) is 2. The third-order valence-corrected chi connectivity index (χ3v) is 3.73. The number of likely N-dealkylation sites (tertiary alicyclic amines) is 1. The number of carbonyl (C=O) groups is 1. The SMILES string of the molecule is CCOCOC[C@@H]1[C@@H]([C@@H](C)F)C(=O)N1Cc1ccccc1. The monoisotopic (exact) mass is 295 g/mol. The van der Waals surface area contributed by atoms with Crippen LogP contribution in [0.1, 0.15) is 19.4 Å². The number of alkyl halides is 1. The maximum Gasteiger partial charge on any atom is 0.231 e. The molecule has 1 aliphatic rings. The Balaban J connectivity index is 1.95. The van der Waals surface area contributed by atoms with Gasteiger partial charge in [0.25, 0.3) is 0 Å². The van der Waals surface area contributed by atoms with Crippen LogP contribution in [0.3, 0.4) is 0 Å². The molecule has 1 amide bonds. The minimum absolute atomic E-state index is 0.140. The summed E-state index contributed by atoms with van der Waals surface area (Å²) in [4.78, 5) is 13.8. The molecule has 21 heavy (non-hydrogen) atoms. The summed E-state index contributed by atoms with van der Waals surface area (Å²) >= 11 is 0. The van der Waals surface area contributed by atoms with E-state index in [1.54, 1.807) is 4.90 Å². The molecule has 0 radical (unpaired) electrons. The van der Waals surface area contributed by atoms with E-state index in [2.05, 4.69) is 0 Å². The maximum absolute atomic E-state index is 13.6. The molecule has 0 N–H and O–H groups in total. The van der Waals surface area contributed by atoms with Gasteiger partial charge in [0.2, 0.25) is 5.91 Å². The zero-order valence-electron chi connectivity index (χ0n) is 12.5. The second kappa shape index (κ2) is 7.52. The second-order valence-corrected chi connectivity index (χ2v) is 5.20. The van der Waals surface area contributed by atoms with Crippen LogP contribution in [-0.2, 0) is 20.8 Å². The van der Waals surface area contributed by atoms with Crippen molar-refractivity contribution in [2.24, 2.45) is 5.92 Å². The summed E-state index contributed by atoms with van der Waals surface area (Å²) in [6.07, 6.45) is -1.16. The van der Waals surface area contributed by atoms with E-state index >= 15 is 0 Å². The molecule has 1 aliphatic heterocycles. The number of rotatable bonds is 8. The van der Waals surface area contributed by atoms with Gasteiger partial charge >= 0.3 is 0 Å². The first-order valence-electron chi connectivity index (χ1n) is 7.29. The van der Waals surface area contributed by atoms with E-state index in [-0.39, 0.29) is 18.7 Å². The van der Waals surface area contributed by atoms with Crippen LogP contribution in [0.2, 0.25) is 0 Å². The van der Waals surface area contributed by atoms with E-state index in [4.69, 9.17) is 9.47 Å². The van der Waals surface area contributed by atoms with E-state index in [1.807, 2.05) is 37.3 Å². The molecule has 0 bridgehead atoms. The summed E-state index contributed by atoms with van der Waals surface area (Å²) in [6, 6.07) is 9.47. The number of benzene rings is 1. The predicted molar refractivity (Wildman–Crippen MR) is 77.3 cm³/mol. The Hall–Kier alpha value is -1.46. The minimum atomic E-state index is -1.16. The smallest absolute Gasteiger partial charge is 0.231 e. The zero-order chi connectivity index (χ0) is 15.2. The van der Waals surface area contributed by atoms with Crippen molar-refractivity contribution in [2.75, 3.05) is 20.0 Å². The van der Waals surface area contributed by atoms with Crippen molar-refractivity contribution in [2.45, 2.75) is 32.6 Å². The Morgan fingerprint density at radius 1 is 1.29 bits per heavy atom. The van der Waals surface area contributed by atoms with Gasteiger partial charge < -0.3 is 14.4 Å². The molecule has 1 heterocycles. The normalized spacial score (nSPS) is 23.0. The van der Waals surface area contributed by atoms with Crippen LogP contribution in [0.4, 0.5) is 4.39 Å². The van der Waals surface area contributed by atoms with E-state index in [1.165, 1.54) is 6.92 Å². The molecule has 0 aromatic heterocycles. The molecule has 1 aromatic rings. The lowest BCUT2D eigenvalue weighted by Gasteiger charge is -2.47. The third kappa shape index (κ3) is 3.80. The lowest BCUT2D eigenvalue weighted by molar-refractivity contribution is -0.171. The van der Waals surface area contributed by atoms with Crippen molar-refractivity contribution in [3.63, 3.8) is 0 Å². The average Bonchev–Trinajstić information content (AvgIpc) is 2.48. The fraction of sp³-hybridized carbons (Fsp3) is 0.562. The van der Waals surface area contributed by atoms with Crippen LogP contribution >= 0.6 is 0 Å². The van der Waals surface area contributed by atoms with Gasteiger partial charge in [0.05, 0.1) is 18.6 Å². The van der Waals surface area contributed by atoms with Crippen molar-refractivity contribution in [1.82, 2.24) is 4.90 Å². The highest BCUT2D eigenvalue weighted by molar-refractivity contribution is 5.86. The van der Waals surface area contributed by atoms with Crippen LogP contribution in [0.5, 0.6) is 0 Å². The van der Waals surface area contributed by atoms with Crippen LogP contribution in [-0.4, -0.2) is 43.0 Å². The van der Waals surface area contributed by atoms with Crippen molar-refractivity contribution in [1.29, 1.82) is 0 Å². The van der Waals surface area contributed by atoms with Crippen molar-refractivity contribution in [3.8, 4) is 0 Å². The molecular weight excluding hydrogens is 273 g/mol. The molecule has 1 saturated heterocycles. The van der Waals surface area contributed by atoms with E-state index in [0.29, 0.717) is 19.8 Å². The first-order chi connectivity index (χ1) is 10.1. The maximum atomic E-state index is 13.6. The van der Waals surface area contributed by atoms with Gasteiger partial charge in [0.15, 0.2) is 0 Å². The largest absolute Gasteiger partial charge is 0.356 e. The average molecular weight is 295 g/mol. The fourth-order valence-corrected chi connectivity index (χ4v) is 2.61. The van der Waals surface area contributed by atoms with Crippen LogP contribution in [0.25, 0.3) is 0 Å². The molecule has 3 atom stereocenters. The molecule has 4 nitrogen and oxygen atoms in total. The van der Waals surface area contributed by atoms with E-state index < -0.39 is 12.1 Å². The number of hydrogen-bond donors (Lipinski definition) is 0. The van der Waals surface area contributed by atoms with Crippen LogP contribution in [0, 0.1) is 5.92 Å². The summed E-state index contributed by atoms with van der Waals surface area (Å²) in [6.45, 7) is 4.85. The predicted octanol–water partition coefficient (Wildman–Crippen LogP) is 2.38. The summed E-state index contributed by atoms with van der Waals surface area (Å²) in [5.41, 5.74) is 1.03.